The molecule has 1 fully saturated rings. The lowest BCUT2D eigenvalue weighted by atomic mass is 9.87. The van der Waals surface area contributed by atoms with Crippen LogP contribution in [0.1, 0.15) is 36.2 Å². The van der Waals surface area contributed by atoms with Crippen molar-refractivity contribution in [3.8, 4) is 11.5 Å². The first-order chi connectivity index (χ1) is 26.9. The predicted molar refractivity (Wildman–Crippen MR) is 209 cm³/mol. The summed E-state index contributed by atoms with van der Waals surface area (Å²) in [7, 11) is -10.7. The Morgan fingerprint density at radius 1 is 0.965 bits per heavy atom. The standard InChI is InChI=1S/C39H37ClF3N5O7S2/c1-38(2)21-34(25-6-8-28(40)9-7-25)27(24-54-38)23-47-14-16-48(17-15-47)29-10-11-33(35(19-29)55-30-18-26-12-13-44-36(26)45-22-30)37(49)46-57(52,53)32-5-3-4-31(20-32)56(50,51)39(41,42)43/h3-13,18-20,22H,14-17,21,23-24H2,1-2H3,(H,44,45)(H,46,49). The molecule has 1 saturated heterocycles. The number of hydrogen-bond acceptors (Lipinski definition) is 10. The molecular weight excluding hydrogens is 807 g/mol. The van der Waals surface area contributed by atoms with Crippen molar-refractivity contribution in [2.45, 2.75) is 41.2 Å². The molecule has 2 aromatic heterocycles. The van der Waals surface area contributed by atoms with Crippen molar-refractivity contribution in [2.75, 3.05) is 44.2 Å². The first kappa shape index (κ1) is 40.3. The minimum atomic E-state index is -5.86. The number of alkyl halides is 3. The number of nitrogens with one attached hydrogen (secondary N) is 2. The van der Waals surface area contributed by atoms with E-state index in [9.17, 15) is 34.8 Å². The number of H-pyrrole nitrogens is 1. The Bertz CT molecular complexity index is 2590. The molecule has 4 heterocycles. The number of pyridine rings is 1. The van der Waals surface area contributed by atoms with Crippen LogP contribution < -0.4 is 14.4 Å². The van der Waals surface area contributed by atoms with Gasteiger partial charge in [0.2, 0.25) is 0 Å². The quantitative estimate of drug-likeness (QED) is 0.148. The van der Waals surface area contributed by atoms with Crippen LogP contribution >= 0.6 is 11.6 Å². The molecule has 57 heavy (non-hydrogen) atoms. The molecule has 0 spiro atoms. The number of aromatic nitrogens is 2. The fourth-order valence-electron chi connectivity index (χ4n) is 6.76. The number of hydrogen-bond donors (Lipinski definition) is 2. The van der Waals surface area contributed by atoms with E-state index < -0.39 is 41.1 Å². The summed E-state index contributed by atoms with van der Waals surface area (Å²) in [5.74, 6) is -0.940. The van der Waals surface area contributed by atoms with E-state index in [1.54, 1.807) is 30.5 Å². The average Bonchev–Trinajstić information content (AvgIpc) is 3.64. The zero-order chi connectivity index (χ0) is 40.8. The SMILES string of the molecule is CC1(C)CC(c2ccc(Cl)cc2)=C(CN2CCN(c3ccc(C(=O)NS(=O)(=O)c4cccc(S(=O)(=O)C(F)(F)F)c4)c(Oc4cnc5[nH]ccc5c4)c3)CC2)CO1. The highest BCUT2D eigenvalue weighted by Crippen LogP contribution is 2.37. The molecule has 0 atom stereocenters. The molecule has 0 radical (unpaired) electrons. The second-order valence-corrected chi connectivity index (χ2v) is 18.4. The van der Waals surface area contributed by atoms with Gasteiger partial charge in [-0.3, -0.25) is 9.69 Å². The molecule has 12 nitrogen and oxygen atoms in total. The normalized spacial score (nSPS) is 16.8. The van der Waals surface area contributed by atoms with Gasteiger partial charge in [0.1, 0.15) is 17.1 Å². The monoisotopic (exact) mass is 843 g/mol. The molecule has 5 aromatic rings. The highest BCUT2D eigenvalue weighted by Gasteiger charge is 2.47. The van der Waals surface area contributed by atoms with E-state index in [1.165, 1.54) is 23.4 Å². The first-order valence-corrected chi connectivity index (χ1v) is 21.0. The van der Waals surface area contributed by atoms with Crippen LogP contribution in [0.2, 0.25) is 5.02 Å². The maximum atomic E-state index is 13.6. The minimum Gasteiger partial charge on any atom is -0.455 e. The maximum Gasteiger partial charge on any atom is 0.501 e. The summed E-state index contributed by atoms with van der Waals surface area (Å²) in [5, 5.41) is 1.38. The van der Waals surface area contributed by atoms with Gasteiger partial charge in [-0.05, 0) is 85.2 Å². The van der Waals surface area contributed by atoms with Gasteiger partial charge in [-0.25, -0.2) is 26.5 Å². The third-order valence-electron chi connectivity index (χ3n) is 9.78. The maximum absolute atomic E-state index is 13.6. The number of piperazine rings is 1. The Morgan fingerprint density at radius 3 is 2.40 bits per heavy atom. The highest BCUT2D eigenvalue weighted by atomic mass is 35.5. The fraction of sp³-hybridized carbons (Fsp3) is 0.282. The number of ether oxygens (including phenoxy) is 2. The molecule has 0 unspecified atom stereocenters. The van der Waals surface area contributed by atoms with Gasteiger partial charge in [0.05, 0.1) is 33.8 Å². The average molecular weight is 844 g/mol. The summed E-state index contributed by atoms with van der Waals surface area (Å²) in [5.41, 5.74) is -1.35. The lowest BCUT2D eigenvalue weighted by molar-refractivity contribution is -0.0436. The number of halogens is 4. The molecule has 300 valence electrons. The molecule has 2 N–H and O–H groups in total. The van der Waals surface area contributed by atoms with Crippen LogP contribution in [-0.2, 0) is 24.6 Å². The van der Waals surface area contributed by atoms with E-state index in [2.05, 4.69) is 33.6 Å². The van der Waals surface area contributed by atoms with E-state index in [0.29, 0.717) is 73.2 Å². The Hall–Kier alpha value is -4.94. The van der Waals surface area contributed by atoms with Crippen molar-refractivity contribution >= 4 is 59.7 Å². The molecular formula is C39H37ClF3N5O7S2. The summed E-state index contributed by atoms with van der Waals surface area (Å²) >= 11 is 6.18. The topological polar surface area (TPSA) is 151 Å². The van der Waals surface area contributed by atoms with Crippen LogP contribution in [0.5, 0.6) is 11.5 Å². The van der Waals surface area contributed by atoms with Crippen molar-refractivity contribution in [3.05, 3.63) is 113 Å². The molecule has 2 aliphatic heterocycles. The lowest BCUT2D eigenvalue weighted by Crippen LogP contribution is -2.47. The van der Waals surface area contributed by atoms with Crippen molar-refractivity contribution in [2.24, 2.45) is 0 Å². The number of sulfone groups is 1. The number of carbonyl (C=O) groups excluding carboxylic acids is 1. The van der Waals surface area contributed by atoms with Crippen LogP contribution in [0.25, 0.3) is 16.6 Å². The van der Waals surface area contributed by atoms with Crippen molar-refractivity contribution in [1.29, 1.82) is 0 Å². The van der Waals surface area contributed by atoms with Crippen LogP contribution in [0.4, 0.5) is 18.9 Å². The van der Waals surface area contributed by atoms with E-state index >= 15 is 0 Å². The summed E-state index contributed by atoms with van der Waals surface area (Å²) in [4.78, 5) is 23.2. The highest BCUT2D eigenvalue weighted by molar-refractivity contribution is 7.92. The number of aromatic amines is 1. The van der Waals surface area contributed by atoms with Crippen LogP contribution in [0, 0.1) is 0 Å². The first-order valence-electron chi connectivity index (χ1n) is 17.7. The number of fused-ring (bicyclic) bond motifs is 1. The zero-order valence-corrected chi connectivity index (χ0v) is 33.0. The van der Waals surface area contributed by atoms with E-state index in [4.69, 9.17) is 21.1 Å². The number of anilines is 1. The number of benzene rings is 3. The van der Waals surface area contributed by atoms with Gasteiger partial charge < -0.3 is 19.4 Å². The fourth-order valence-corrected chi connectivity index (χ4v) is 8.78. The molecule has 0 aliphatic carbocycles. The number of carbonyl (C=O) groups is 1. The third-order valence-corrected chi connectivity index (χ3v) is 12.8. The Morgan fingerprint density at radius 2 is 1.68 bits per heavy atom. The van der Waals surface area contributed by atoms with Crippen molar-refractivity contribution in [3.63, 3.8) is 0 Å². The van der Waals surface area contributed by atoms with Crippen LogP contribution in [-0.4, -0.2) is 88.1 Å². The summed E-state index contributed by atoms with van der Waals surface area (Å²) < 4.78 is 104. The zero-order valence-electron chi connectivity index (χ0n) is 30.6. The Labute approximate surface area is 332 Å². The van der Waals surface area contributed by atoms with Crippen LogP contribution in [0.3, 0.4) is 0 Å². The Balaban J connectivity index is 1.12. The van der Waals surface area contributed by atoms with Gasteiger partial charge in [0.25, 0.3) is 25.8 Å². The van der Waals surface area contributed by atoms with Gasteiger partial charge in [-0.15, -0.1) is 0 Å². The minimum absolute atomic E-state index is 0.0209. The van der Waals surface area contributed by atoms with E-state index in [1.807, 2.05) is 29.0 Å². The smallest absolute Gasteiger partial charge is 0.455 e. The van der Waals surface area contributed by atoms with Gasteiger partial charge in [-0.2, -0.15) is 13.2 Å². The molecule has 1 amide bonds. The molecule has 2 aliphatic rings. The third kappa shape index (κ3) is 8.82. The Kier molecular flexibility index (Phi) is 10.9. The molecule has 3 aromatic carbocycles. The number of sulfonamides is 1. The summed E-state index contributed by atoms with van der Waals surface area (Å²) in [6.45, 7) is 8.01. The molecule has 7 rings (SSSR count). The van der Waals surface area contributed by atoms with Gasteiger partial charge in [-0.1, -0.05) is 29.8 Å². The van der Waals surface area contributed by atoms with E-state index in [0.717, 1.165) is 24.1 Å². The second-order valence-electron chi connectivity index (χ2n) is 14.3. The lowest BCUT2D eigenvalue weighted by Gasteiger charge is -2.39. The second kappa shape index (κ2) is 15.4. The van der Waals surface area contributed by atoms with Gasteiger partial charge in [0.15, 0.2) is 0 Å². The number of nitrogens with zero attached hydrogens (tertiary/aromatic N) is 3. The number of rotatable bonds is 10. The molecule has 0 bridgehead atoms. The number of amides is 1. The summed E-state index contributed by atoms with van der Waals surface area (Å²) in [6, 6.07) is 18.6. The molecule has 0 saturated carbocycles. The van der Waals surface area contributed by atoms with Crippen molar-refractivity contribution in [1.82, 2.24) is 19.6 Å². The van der Waals surface area contributed by atoms with Gasteiger partial charge >= 0.3 is 5.51 Å². The van der Waals surface area contributed by atoms with Crippen molar-refractivity contribution < 1.29 is 44.3 Å². The largest absolute Gasteiger partial charge is 0.501 e. The van der Waals surface area contributed by atoms with E-state index in [-0.39, 0.29) is 22.7 Å². The summed E-state index contributed by atoms with van der Waals surface area (Å²) in [6.07, 6.45) is 3.88. The molecule has 18 heteroatoms. The predicted octanol–water partition coefficient (Wildman–Crippen LogP) is 7.20. The van der Waals surface area contributed by atoms with Gasteiger partial charge in [0, 0.05) is 67.5 Å². The van der Waals surface area contributed by atoms with Crippen LogP contribution in [0.15, 0.2) is 107 Å².